The Morgan fingerprint density at radius 2 is 1.92 bits per heavy atom. The summed E-state index contributed by atoms with van der Waals surface area (Å²) in [5.41, 5.74) is 0.935. The molecule has 1 fully saturated rings. The van der Waals surface area contributed by atoms with Crippen LogP contribution in [0.2, 0.25) is 0 Å². The second kappa shape index (κ2) is 4.91. The van der Waals surface area contributed by atoms with E-state index in [1.165, 1.54) is 0 Å². The molecule has 2 nitrogen and oxygen atoms in total. The smallest absolute Gasteiger partial charge is 0.183 e. The molecule has 0 saturated carbocycles. The third-order valence-corrected chi connectivity index (χ3v) is 1.65. The fourth-order valence-corrected chi connectivity index (χ4v) is 1.06. The van der Waals surface area contributed by atoms with Crippen molar-refractivity contribution in [2.75, 3.05) is 13.2 Å². The molecule has 0 aromatic rings. The first-order valence-corrected chi connectivity index (χ1v) is 4.06. The summed E-state index contributed by atoms with van der Waals surface area (Å²) in [7, 11) is 0. The fourth-order valence-electron chi connectivity index (χ4n) is 1.06. The van der Waals surface area contributed by atoms with Crippen LogP contribution >= 0.6 is 0 Å². The summed E-state index contributed by atoms with van der Waals surface area (Å²) in [6, 6.07) is 0. The molecular formula is C10H14O2. The maximum absolute atomic E-state index is 5.37. The molecule has 0 spiro atoms. The largest absolute Gasteiger partial charge is 0.348 e. The number of hydrogen-bond donors (Lipinski definition) is 0. The van der Waals surface area contributed by atoms with Crippen molar-refractivity contribution in [1.82, 2.24) is 0 Å². The monoisotopic (exact) mass is 166 g/mol. The average Bonchev–Trinajstić information content (AvgIpc) is 2.15. The van der Waals surface area contributed by atoms with E-state index in [0.29, 0.717) is 0 Å². The predicted octanol–water partition coefficient (Wildman–Crippen LogP) is 2.05. The van der Waals surface area contributed by atoms with Crippen LogP contribution in [0.5, 0.6) is 0 Å². The molecule has 0 unspecified atom stereocenters. The van der Waals surface area contributed by atoms with E-state index >= 15 is 0 Å². The minimum absolute atomic E-state index is 0.241. The van der Waals surface area contributed by atoms with Crippen LogP contribution in [0.4, 0.5) is 0 Å². The van der Waals surface area contributed by atoms with Gasteiger partial charge in [0.25, 0.3) is 0 Å². The molecule has 1 saturated heterocycles. The second-order valence-electron chi connectivity index (χ2n) is 2.53. The van der Waals surface area contributed by atoms with E-state index in [1.807, 2.05) is 6.08 Å². The Kier molecular flexibility index (Phi) is 3.77. The minimum atomic E-state index is -0.241. The maximum atomic E-state index is 5.37. The number of allylic oxidation sites excluding steroid dienone is 2. The van der Waals surface area contributed by atoms with Gasteiger partial charge in [-0.15, -0.1) is 0 Å². The van der Waals surface area contributed by atoms with Crippen LogP contribution in [0.25, 0.3) is 0 Å². The second-order valence-corrected chi connectivity index (χ2v) is 2.53. The first-order chi connectivity index (χ1) is 5.88. The zero-order chi connectivity index (χ0) is 8.81. The number of rotatable bonds is 3. The molecule has 66 valence electrons. The summed E-state index contributed by atoms with van der Waals surface area (Å²) in [4.78, 5) is 0. The van der Waals surface area contributed by atoms with Gasteiger partial charge in [0, 0.05) is 5.57 Å². The van der Waals surface area contributed by atoms with Gasteiger partial charge in [0.2, 0.25) is 0 Å². The topological polar surface area (TPSA) is 18.5 Å². The van der Waals surface area contributed by atoms with Gasteiger partial charge in [-0.3, -0.25) is 0 Å². The van der Waals surface area contributed by atoms with Gasteiger partial charge in [0.05, 0.1) is 13.2 Å². The highest BCUT2D eigenvalue weighted by Gasteiger charge is 2.15. The highest BCUT2D eigenvalue weighted by Crippen LogP contribution is 2.14. The Morgan fingerprint density at radius 1 is 1.25 bits per heavy atom. The molecule has 0 atom stereocenters. The van der Waals surface area contributed by atoms with E-state index in [4.69, 9.17) is 9.47 Å². The van der Waals surface area contributed by atoms with E-state index in [1.54, 1.807) is 12.2 Å². The lowest BCUT2D eigenvalue weighted by Gasteiger charge is -2.23. The van der Waals surface area contributed by atoms with Gasteiger partial charge in [-0.25, -0.2) is 0 Å². The van der Waals surface area contributed by atoms with Crippen molar-refractivity contribution in [3.8, 4) is 0 Å². The summed E-state index contributed by atoms with van der Waals surface area (Å²) in [6.07, 6.45) is 6.02. The number of hydrogen-bond acceptors (Lipinski definition) is 2. The summed E-state index contributed by atoms with van der Waals surface area (Å²) in [5, 5.41) is 0. The van der Waals surface area contributed by atoms with Crippen molar-refractivity contribution in [3.63, 3.8) is 0 Å². The van der Waals surface area contributed by atoms with Crippen molar-refractivity contribution >= 4 is 0 Å². The van der Waals surface area contributed by atoms with Crippen LogP contribution in [0.1, 0.15) is 6.42 Å². The average molecular weight is 166 g/mol. The fraction of sp³-hybridized carbons (Fsp3) is 0.400. The summed E-state index contributed by atoms with van der Waals surface area (Å²) < 4.78 is 10.7. The molecule has 1 aliphatic heterocycles. The Bertz CT molecular complexity index is 188. The Balaban J connectivity index is 2.57. The first kappa shape index (κ1) is 9.23. The van der Waals surface area contributed by atoms with Crippen molar-refractivity contribution in [3.05, 3.63) is 37.0 Å². The number of ether oxygens (including phenoxy) is 2. The molecule has 0 aromatic carbocycles. The normalized spacial score (nSPS) is 20.5. The lowest BCUT2D eigenvalue weighted by atomic mass is 10.2. The molecule has 0 radical (unpaired) electrons. The molecular weight excluding hydrogens is 152 g/mol. The molecule has 12 heavy (non-hydrogen) atoms. The summed E-state index contributed by atoms with van der Waals surface area (Å²) in [6.45, 7) is 8.80. The molecule has 1 aliphatic rings. The first-order valence-electron chi connectivity index (χ1n) is 4.06. The molecule has 0 aromatic heterocycles. The quantitative estimate of drug-likeness (QED) is 0.597. The summed E-state index contributed by atoms with van der Waals surface area (Å²) >= 11 is 0. The zero-order valence-corrected chi connectivity index (χ0v) is 7.16. The van der Waals surface area contributed by atoms with Gasteiger partial charge >= 0.3 is 0 Å². The lowest BCUT2D eigenvalue weighted by Crippen LogP contribution is -2.25. The predicted molar refractivity (Wildman–Crippen MR) is 48.8 cm³/mol. The molecule has 0 bridgehead atoms. The van der Waals surface area contributed by atoms with Crippen molar-refractivity contribution in [1.29, 1.82) is 0 Å². The molecule has 0 N–H and O–H groups in total. The summed E-state index contributed by atoms with van der Waals surface area (Å²) in [5.74, 6) is 0. The van der Waals surface area contributed by atoms with E-state index in [2.05, 4.69) is 13.2 Å². The lowest BCUT2D eigenvalue weighted by molar-refractivity contribution is -0.154. The van der Waals surface area contributed by atoms with Crippen molar-refractivity contribution in [2.24, 2.45) is 0 Å². The van der Waals surface area contributed by atoms with Gasteiger partial charge in [-0.1, -0.05) is 31.4 Å². The molecule has 1 rings (SSSR count). The third-order valence-electron chi connectivity index (χ3n) is 1.65. The Hall–Kier alpha value is -0.860. The van der Waals surface area contributed by atoms with Crippen LogP contribution in [0, 0.1) is 0 Å². The van der Waals surface area contributed by atoms with E-state index < -0.39 is 0 Å². The van der Waals surface area contributed by atoms with Crippen LogP contribution < -0.4 is 0 Å². The zero-order valence-electron chi connectivity index (χ0n) is 7.16. The highest BCUT2D eigenvalue weighted by molar-refractivity contribution is 5.23. The highest BCUT2D eigenvalue weighted by atomic mass is 16.7. The molecule has 1 heterocycles. The minimum Gasteiger partial charge on any atom is -0.348 e. The van der Waals surface area contributed by atoms with Crippen molar-refractivity contribution in [2.45, 2.75) is 12.7 Å². The van der Waals surface area contributed by atoms with Crippen LogP contribution in [-0.2, 0) is 9.47 Å². The van der Waals surface area contributed by atoms with Gasteiger partial charge < -0.3 is 9.47 Å². The van der Waals surface area contributed by atoms with Crippen molar-refractivity contribution < 1.29 is 9.47 Å². The Labute approximate surface area is 73.2 Å². The van der Waals surface area contributed by atoms with Gasteiger partial charge in [-0.2, -0.15) is 0 Å². The molecule has 0 aliphatic carbocycles. The standard InChI is InChI=1S/C10H14O2/c1-3-6-9(4-2)10-11-7-5-8-12-10/h3-4,6,10H,1-2,5,7-8H2/b9-6+. The van der Waals surface area contributed by atoms with E-state index in [0.717, 1.165) is 25.2 Å². The van der Waals surface area contributed by atoms with E-state index in [-0.39, 0.29) is 6.29 Å². The van der Waals surface area contributed by atoms with Gasteiger partial charge in [0.15, 0.2) is 6.29 Å². The molecule has 0 amide bonds. The molecule has 2 heteroatoms. The van der Waals surface area contributed by atoms with Gasteiger partial charge in [0.1, 0.15) is 0 Å². The SMILES string of the molecule is C=C/C=C(\C=C)C1OCCCO1. The van der Waals surface area contributed by atoms with Crippen LogP contribution in [0.15, 0.2) is 37.0 Å². The maximum Gasteiger partial charge on any atom is 0.183 e. The van der Waals surface area contributed by atoms with E-state index in [9.17, 15) is 0 Å². The Morgan fingerprint density at radius 3 is 2.42 bits per heavy atom. The van der Waals surface area contributed by atoms with Crippen LogP contribution in [0.3, 0.4) is 0 Å². The van der Waals surface area contributed by atoms with Crippen LogP contribution in [-0.4, -0.2) is 19.5 Å². The third kappa shape index (κ3) is 2.32. The van der Waals surface area contributed by atoms with Gasteiger partial charge in [-0.05, 0) is 6.42 Å².